The Hall–Kier alpha value is -4.35. The number of benzene rings is 3. The molecule has 0 aliphatic rings. The van der Waals surface area contributed by atoms with E-state index in [0.29, 0.717) is 22.8 Å². The van der Waals surface area contributed by atoms with Crippen LogP contribution in [0.25, 0.3) is 22.2 Å². The first-order valence-electron chi connectivity index (χ1n) is 12.3. The number of aromatic nitrogens is 4. The van der Waals surface area contributed by atoms with Crippen molar-refractivity contribution in [3.63, 3.8) is 0 Å². The standard InChI is InChI=1S/C28H28FN7O2S/c1-19-4-11-27(24(29)14-19)39(37,38)34-23-8-6-22(7-9-23)33-28-16-25(30-18-31-28)20-5-10-26-21(15-20)17-32-36(26)13-12-35(2)3/h4-11,14-18,34H,12-13H2,1-3H3,(H,30,31,33). The van der Waals surface area contributed by atoms with Crippen molar-refractivity contribution >= 4 is 38.1 Å². The van der Waals surface area contributed by atoms with Gasteiger partial charge in [-0.15, -0.1) is 0 Å². The topological polar surface area (TPSA) is 105 Å². The molecular formula is C28H28FN7O2S. The number of halogens is 1. The molecule has 200 valence electrons. The number of nitrogens with one attached hydrogen (secondary N) is 2. The normalized spacial score (nSPS) is 11.7. The number of hydrogen-bond acceptors (Lipinski definition) is 7. The number of fused-ring (bicyclic) bond motifs is 1. The van der Waals surface area contributed by atoms with Gasteiger partial charge in [-0.25, -0.2) is 22.8 Å². The van der Waals surface area contributed by atoms with Crippen LogP contribution in [0.2, 0.25) is 0 Å². The third kappa shape index (κ3) is 6.05. The van der Waals surface area contributed by atoms with Crippen molar-refractivity contribution < 1.29 is 12.8 Å². The van der Waals surface area contributed by atoms with Crippen molar-refractivity contribution in [2.24, 2.45) is 0 Å². The van der Waals surface area contributed by atoms with E-state index in [2.05, 4.69) is 36.1 Å². The summed E-state index contributed by atoms with van der Waals surface area (Å²) in [5.74, 6) is -0.213. The van der Waals surface area contributed by atoms with Gasteiger partial charge in [0.15, 0.2) is 0 Å². The molecule has 5 rings (SSSR count). The zero-order valence-electron chi connectivity index (χ0n) is 21.8. The van der Waals surface area contributed by atoms with E-state index >= 15 is 0 Å². The van der Waals surface area contributed by atoms with Crippen LogP contribution in [0.5, 0.6) is 0 Å². The molecule has 5 aromatic rings. The summed E-state index contributed by atoms with van der Waals surface area (Å²) < 4.78 is 43.9. The van der Waals surface area contributed by atoms with Crippen LogP contribution in [0.4, 0.5) is 21.6 Å². The number of sulfonamides is 1. The van der Waals surface area contributed by atoms with Crippen molar-refractivity contribution in [3.05, 3.63) is 90.6 Å². The molecule has 0 fully saturated rings. The predicted molar refractivity (Wildman–Crippen MR) is 151 cm³/mol. The molecule has 2 N–H and O–H groups in total. The highest BCUT2D eigenvalue weighted by atomic mass is 32.2. The van der Waals surface area contributed by atoms with Gasteiger partial charge < -0.3 is 10.2 Å². The lowest BCUT2D eigenvalue weighted by Crippen LogP contribution is -2.18. The first-order chi connectivity index (χ1) is 18.7. The van der Waals surface area contributed by atoms with Gasteiger partial charge in [0.25, 0.3) is 10.0 Å². The summed E-state index contributed by atoms with van der Waals surface area (Å²) >= 11 is 0. The van der Waals surface area contributed by atoms with Gasteiger partial charge in [-0.1, -0.05) is 12.1 Å². The van der Waals surface area contributed by atoms with E-state index in [4.69, 9.17) is 0 Å². The number of anilines is 3. The summed E-state index contributed by atoms with van der Waals surface area (Å²) in [6.45, 7) is 3.40. The third-order valence-electron chi connectivity index (χ3n) is 6.15. The second-order valence-electron chi connectivity index (χ2n) is 9.47. The molecule has 3 aromatic carbocycles. The first-order valence-corrected chi connectivity index (χ1v) is 13.7. The van der Waals surface area contributed by atoms with Crippen LogP contribution in [-0.2, 0) is 16.6 Å². The number of aryl methyl sites for hydroxylation is 1. The molecule has 0 saturated heterocycles. The lowest BCUT2D eigenvalue weighted by atomic mass is 10.1. The Balaban J connectivity index is 1.29. The SMILES string of the molecule is Cc1ccc(S(=O)(=O)Nc2ccc(Nc3cc(-c4ccc5c(cnn5CCN(C)C)c4)ncn3)cc2)c(F)c1. The molecule has 9 nitrogen and oxygen atoms in total. The molecule has 0 aliphatic carbocycles. The summed E-state index contributed by atoms with van der Waals surface area (Å²) in [5.41, 5.74) is 4.40. The van der Waals surface area contributed by atoms with Gasteiger partial charge in [0.2, 0.25) is 0 Å². The van der Waals surface area contributed by atoms with Crippen molar-refractivity contribution in [2.45, 2.75) is 18.4 Å². The zero-order valence-corrected chi connectivity index (χ0v) is 22.6. The molecule has 0 saturated carbocycles. The Morgan fingerprint density at radius 3 is 2.46 bits per heavy atom. The largest absolute Gasteiger partial charge is 0.340 e. The molecule has 0 radical (unpaired) electrons. The van der Waals surface area contributed by atoms with Gasteiger partial charge in [-0.3, -0.25) is 9.40 Å². The molecule has 0 unspecified atom stereocenters. The van der Waals surface area contributed by atoms with E-state index in [9.17, 15) is 12.8 Å². The summed E-state index contributed by atoms with van der Waals surface area (Å²) in [4.78, 5) is 10.5. The van der Waals surface area contributed by atoms with Crippen LogP contribution >= 0.6 is 0 Å². The highest BCUT2D eigenvalue weighted by Crippen LogP contribution is 2.26. The van der Waals surface area contributed by atoms with Gasteiger partial charge in [0.05, 0.1) is 24.0 Å². The van der Waals surface area contributed by atoms with Crippen LogP contribution in [-0.4, -0.2) is 53.7 Å². The van der Waals surface area contributed by atoms with E-state index in [1.165, 1.54) is 18.5 Å². The Morgan fingerprint density at radius 1 is 0.949 bits per heavy atom. The van der Waals surface area contributed by atoms with Crippen molar-refractivity contribution in [3.8, 4) is 11.3 Å². The Bertz CT molecular complexity index is 1740. The van der Waals surface area contributed by atoms with Crippen LogP contribution in [0.1, 0.15) is 5.56 Å². The van der Waals surface area contributed by atoms with Gasteiger partial charge in [-0.05, 0) is 75.1 Å². The van der Waals surface area contributed by atoms with Gasteiger partial charge in [0, 0.05) is 34.9 Å². The second kappa shape index (κ2) is 10.8. The maximum Gasteiger partial charge on any atom is 0.264 e. The summed E-state index contributed by atoms with van der Waals surface area (Å²) in [7, 11) is 0.00935. The minimum absolute atomic E-state index is 0.309. The summed E-state index contributed by atoms with van der Waals surface area (Å²) in [6, 6.07) is 18.6. The molecule has 39 heavy (non-hydrogen) atoms. The average molecular weight is 546 g/mol. The quantitative estimate of drug-likeness (QED) is 0.267. The van der Waals surface area contributed by atoms with E-state index in [-0.39, 0.29) is 0 Å². The number of likely N-dealkylation sites (N-methyl/N-ethyl adjacent to an activating group) is 1. The van der Waals surface area contributed by atoms with Crippen LogP contribution in [0, 0.1) is 12.7 Å². The van der Waals surface area contributed by atoms with Crippen LogP contribution < -0.4 is 10.0 Å². The monoisotopic (exact) mass is 545 g/mol. The minimum Gasteiger partial charge on any atom is -0.340 e. The molecule has 2 aromatic heterocycles. The van der Waals surface area contributed by atoms with Crippen molar-refractivity contribution in [1.29, 1.82) is 0 Å². The number of nitrogens with zero attached hydrogens (tertiary/aromatic N) is 5. The Morgan fingerprint density at radius 2 is 1.72 bits per heavy atom. The second-order valence-corrected chi connectivity index (χ2v) is 11.1. The smallest absolute Gasteiger partial charge is 0.264 e. The molecule has 0 aliphatic heterocycles. The Labute approximate surface area is 226 Å². The van der Waals surface area contributed by atoms with Gasteiger partial charge in [-0.2, -0.15) is 5.10 Å². The molecule has 0 bridgehead atoms. The van der Waals surface area contributed by atoms with Crippen LogP contribution in [0.3, 0.4) is 0 Å². The zero-order chi connectivity index (χ0) is 27.6. The molecule has 11 heteroatoms. The van der Waals surface area contributed by atoms with Gasteiger partial charge in [0.1, 0.15) is 22.9 Å². The molecule has 0 amide bonds. The molecule has 0 atom stereocenters. The Kier molecular flexibility index (Phi) is 7.27. The number of rotatable bonds is 9. The maximum atomic E-state index is 14.2. The van der Waals surface area contributed by atoms with Crippen molar-refractivity contribution in [2.75, 3.05) is 30.7 Å². The van der Waals surface area contributed by atoms with E-state index in [1.54, 1.807) is 37.3 Å². The van der Waals surface area contributed by atoms with Crippen molar-refractivity contribution in [1.82, 2.24) is 24.6 Å². The lowest BCUT2D eigenvalue weighted by Gasteiger charge is -2.11. The van der Waals surface area contributed by atoms with E-state index in [0.717, 1.165) is 35.2 Å². The molecular weight excluding hydrogens is 517 g/mol. The summed E-state index contributed by atoms with van der Waals surface area (Å²) in [5, 5.41) is 8.75. The minimum atomic E-state index is -4.06. The fourth-order valence-corrected chi connectivity index (χ4v) is 5.23. The maximum absolute atomic E-state index is 14.2. The average Bonchev–Trinajstić information content (AvgIpc) is 3.30. The fraction of sp³-hybridized carbons (Fsp3) is 0.179. The predicted octanol–water partition coefficient (Wildman–Crippen LogP) is 5.05. The molecule has 2 heterocycles. The van der Waals surface area contributed by atoms with Gasteiger partial charge >= 0.3 is 0 Å². The third-order valence-corrected chi connectivity index (χ3v) is 7.56. The van der Waals surface area contributed by atoms with Crippen LogP contribution in [0.15, 0.2) is 84.1 Å². The first kappa shape index (κ1) is 26.3. The van der Waals surface area contributed by atoms with E-state index in [1.807, 2.05) is 43.2 Å². The fourth-order valence-electron chi connectivity index (χ4n) is 4.11. The number of hydrogen-bond donors (Lipinski definition) is 2. The highest BCUT2D eigenvalue weighted by molar-refractivity contribution is 7.92. The lowest BCUT2D eigenvalue weighted by molar-refractivity contribution is 0.377. The highest BCUT2D eigenvalue weighted by Gasteiger charge is 2.19. The molecule has 0 spiro atoms. The van der Waals surface area contributed by atoms with E-state index < -0.39 is 20.7 Å². The summed E-state index contributed by atoms with van der Waals surface area (Å²) in [6.07, 6.45) is 3.35.